The van der Waals surface area contributed by atoms with Crippen LogP contribution in [0.5, 0.6) is 0 Å². The number of hydrogen-bond donors (Lipinski definition) is 2. The van der Waals surface area contributed by atoms with Crippen molar-refractivity contribution < 1.29 is 4.79 Å². The number of carbonyl (C=O) groups is 1. The van der Waals surface area contributed by atoms with Gasteiger partial charge in [0.15, 0.2) is 0 Å². The van der Waals surface area contributed by atoms with Crippen molar-refractivity contribution in [3.05, 3.63) is 64.7 Å². The van der Waals surface area contributed by atoms with Gasteiger partial charge in [0.05, 0.1) is 0 Å². The van der Waals surface area contributed by atoms with E-state index in [-0.39, 0.29) is 6.03 Å². The predicted molar refractivity (Wildman–Crippen MR) is 103 cm³/mol. The average Bonchev–Trinajstić information content (AvgIpc) is 2.64. The fourth-order valence-electron chi connectivity index (χ4n) is 3.13. The Balaban J connectivity index is 1.55. The highest BCUT2D eigenvalue weighted by Crippen LogP contribution is 2.16. The average molecular weight is 358 g/mol. The Morgan fingerprint density at radius 1 is 0.960 bits per heavy atom. The van der Waals surface area contributed by atoms with Crippen LogP contribution in [-0.2, 0) is 13.1 Å². The van der Waals surface area contributed by atoms with Crippen LogP contribution in [0.1, 0.15) is 30.4 Å². The van der Waals surface area contributed by atoms with E-state index in [4.69, 9.17) is 11.6 Å². The summed E-state index contributed by atoms with van der Waals surface area (Å²) in [7, 11) is 0. The van der Waals surface area contributed by atoms with Crippen molar-refractivity contribution in [3.8, 4) is 0 Å². The molecular formula is C20H24ClN3O. The minimum Gasteiger partial charge on any atom is -0.334 e. The second-order valence-electron chi connectivity index (χ2n) is 6.42. The first kappa shape index (κ1) is 17.8. The van der Waals surface area contributed by atoms with Crippen molar-refractivity contribution in [1.29, 1.82) is 0 Å². The molecule has 2 N–H and O–H groups in total. The first-order chi connectivity index (χ1) is 12.2. The smallest absolute Gasteiger partial charge is 0.319 e. The minimum absolute atomic E-state index is 0.213. The molecule has 3 rings (SSSR count). The topological polar surface area (TPSA) is 44.4 Å². The van der Waals surface area contributed by atoms with E-state index in [0.717, 1.165) is 12.2 Å². The van der Waals surface area contributed by atoms with Gasteiger partial charge in [-0.25, -0.2) is 4.79 Å². The Morgan fingerprint density at radius 3 is 2.36 bits per heavy atom. The van der Waals surface area contributed by atoms with Gasteiger partial charge >= 0.3 is 6.03 Å². The second kappa shape index (κ2) is 8.88. The Morgan fingerprint density at radius 2 is 1.64 bits per heavy atom. The number of rotatable bonds is 5. The fraction of sp³-hybridized carbons (Fsp3) is 0.350. The predicted octanol–water partition coefficient (Wildman–Crippen LogP) is 4.65. The van der Waals surface area contributed by atoms with Crippen LogP contribution in [0, 0.1) is 0 Å². The van der Waals surface area contributed by atoms with Crippen LogP contribution in [0.15, 0.2) is 48.5 Å². The molecule has 0 spiro atoms. The van der Waals surface area contributed by atoms with Gasteiger partial charge in [0.1, 0.15) is 0 Å². The van der Waals surface area contributed by atoms with Crippen LogP contribution < -0.4 is 10.6 Å². The van der Waals surface area contributed by atoms with Gasteiger partial charge in [0.2, 0.25) is 0 Å². The molecule has 4 nitrogen and oxygen atoms in total. The van der Waals surface area contributed by atoms with Crippen LogP contribution >= 0.6 is 11.6 Å². The molecule has 0 saturated carbocycles. The van der Waals surface area contributed by atoms with Crippen LogP contribution in [0.25, 0.3) is 0 Å². The lowest BCUT2D eigenvalue weighted by Gasteiger charge is -2.27. The van der Waals surface area contributed by atoms with Gasteiger partial charge < -0.3 is 10.6 Å². The molecule has 5 heteroatoms. The van der Waals surface area contributed by atoms with Crippen LogP contribution in [0.4, 0.5) is 10.5 Å². The number of likely N-dealkylation sites (tertiary alicyclic amines) is 1. The molecule has 1 heterocycles. The molecule has 0 atom stereocenters. The number of amides is 2. The molecule has 0 bridgehead atoms. The molecule has 1 aliphatic heterocycles. The number of piperidine rings is 1. The summed E-state index contributed by atoms with van der Waals surface area (Å²) in [6, 6.07) is 15.2. The van der Waals surface area contributed by atoms with Crippen LogP contribution in [0.2, 0.25) is 5.02 Å². The fourth-order valence-corrected chi connectivity index (χ4v) is 3.25. The third kappa shape index (κ3) is 5.48. The maximum absolute atomic E-state index is 12.1. The SMILES string of the molecule is O=C(NCc1ccccc1CN1CCCCC1)Nc1ccc(Cl)cc1. The quantitative estimate of drug-likeness (QED) is 0.818. The molecule has 2 aromatic carbocycles. The van der Waals surface area contributed by atoms with Gasteiger partial charge in [-0.2, -0.15) is 0 Å². The molecule has 0 radical (unpaired) electrons. The number of carbonyl (C=O) groups excluding carboxylic acids is 1. The largest absolute Gasteiger partial charge is 0.334 e. The van der Waals surface area contributed by atoms with Crippen molar-refractivity contribution in [1.82, 2.24) is 10.2 Å². The van der Waals surface area contributed by atoms with E-state index >= 15 is 0 Å². The first-order valence-electron chi connectivity index (χ1n) is 8.80. The number of benzene rings is 2. The highest BCUT2D eigenvalue weighted by Gasteiger charge is 2.12. The zero-order valence-electron chi connectivity index (χ0n) is 14.3. The first-order valence-corrected chi connectivity index (χ1v) is 9.18. The zero-order chi connectivity index (χ0) is 17.5. The van der Waals surface area contributed by atoms with E-state index in [2.05, 4.69) is 33.7 Å². The van der Waals surface area contributed by atoms with E-state index in [1.165, 1.54) is 43.5 Å². The van der Waals surface area contributed by atoms with Crippen LogP contribution in [-0.4, -0.2) is 24.0 Å². The number of hydrogen-bond acceptors (Lipinski definition) is 2. The number of nitrogens with zero attached hydrogens (tertiary/aromatic N) is 1. The zero-order valence-corrected chi connectivity index (χ0v) is 15.1. The van der Waals surface area contributed by atoms with E-state index in [1.807, 2.05) is 6.07 Å². The molecule has 132 valence electrons. The monoisotopic (exact) mass is 357 g/mol. The Kier molecular flexibility index (Phi) is 6.31. The number of anilines is 1. The van der Waals surface area contributed by atoms with E-state index < -0.39 is 0 Å². The molecule has 0 aliphatic carbocycles. The third-order valence-corrected chi connectivity index (χ3v) is 4.75. The van der Waals surface area contributed by atoms with Gasteiger partial charge in [-0.1, -0.05) is 42.3 Å². The summed E-state index contributed by atoms with van der Waals surface area (Å²) in [4.78, 5) is 14.6. The summed E-state index contributed by atoms with van der Waals surface area (Å²) in [5.41, 5.74) is 3.18. The summed E-state index contributed by atoms with van der Waals surface area (Å²) >= 11 is 5.85. The van der Waals surface area contributed by atoms with E-state index in [0.29, 0.717) is 11.6 Å². The molecule has 1 aliphatic rings. The Bertz CT molecular complexity index is 696. The Hall–Kier alpha value is -2.04. The van der Waals surface area contributed by atoms with Crippen molar-refractivity contribution in [3.63, 3.8) is 0 Å². The van der Waals surface area contributed by atoms with Crippen LogP contribution in [0.3, 0.4) is 0 Å². The second-order valence-corrected chi connectivity index (χ2v) is 6.86. The molecule has 25 heavy (non-hydrogen) atoms. The molecule has 2 amide bonds. The molecular weight excluding hydrogens is 334 g/mol. The minimum atomic E-state index is -0.213. The van der Waals surface area contributed by atoms with Crippen molar-refractivity contribution >= 4 is 23.3 Å². The highest BCUT2D eigenvalue weighted by atomic mass is 35.5. The summed E-state index contributed by atoms with van der Waals surface area (Å²) < 4.78 is 0. The lowest BCUT2D eigenvalue weighted by Crippen LogP contribution is -2.31. The number of halogens is 1. The number of nitrogens with one attached hydrogen (secondary N) is 2. The molecule has 1 saturated heterocycles. The van der Waals surface area contributed by atoms with Crippen molar-refractivity contribution in [2.45, 2.75) is 32.4 Å². The molecule has 1 fully saturated rings. The molecule has 2 aromatic rings. The normalized spacial score (nSPS) is 14.9. The summed E-state index contributed by atoms with van der Waals surface area (Å²) in [5.74, 6) is 0. The maximum Gasteiger partial charge on any atom is 0.319 e. The van der Waals surface area contributed by atoms with Gasteiger partial charge in [-0.3, -0.25) is 4.90 Å². The standard InChI is InChI=1S/C20H24ClN3O/c21-18-8-10-19(11-9-18)23-20(25)22-14-16-6-2-3-7-17(16)15-24-12-4-1-5-13-24/h2-3,6-11H,1,4-5,12-15H2,(H2,22,23,25). The molecule has 0 unspecified atom stereocenters. The summed E-state index contributed by atoms with van der Waals surface area (Å²) in [6.45, 7) is 3.80. The van der Waals surface area contributed by atoms with Gasteiger partial charge in [0.25, 0.3) is 0 Å². The number of urea groups is 1. The summed E-state index contributed by atoms with van der Waals surface area (Å²) in [5, 5.41) is 6.41. The van der Waals surface area contributed by atoms with Gasteiger partial charge in [0, 0.05) is 23.8 Å². The highest BCUT2D eigenvalue weighted by molar-refractivity contribution is 6.30. The lowest BCUT2D eigenvalue weighted by molar-refractivity contribution is 0.220. The molecule has 0 aromatic heterocycles. The lowest BCUT2D eigenvalue weighted by atomic mass is 10.0. The van der Waals surface area contributed by atoms with E-state index in [1.54, 1.807) is 24.3 Å². The third-order valence-electron chi connectivity index (χ3n) is 4.50. The van der Waals surface area contributed by atoms with Crippen molar-refractivity contribution in [2.24, 2.45) is 0 Å². The Labute approximate surface area is 154 Å². The van der Waals surface area contributed by atoms with Gasteiger partial charge in [-0.05, 0) is 61.3 Å². The van der Waals surface area contributed by atoms with E-state index in [9.17, 15) is 4.79 Å². The summed E-state index contributed by atoms with van der Waals surface area (Å²) in [6.07, 6.45) is 3.90. The van der Waals surface area contributed by atoms with Crippen molar-refractivity contribution in [2.75, 3.05) is 18.4 Å². The van der Waals surface area contributed by atoms with Gasteiger partial charge in [-0.15, -0.1) is 0 Å². The maximum atomic E-state index is 12.1.